The number of pyridine rings is 1. The molecule has 5 rings (SSSR count). The van der Waals surface area contributed by atoms with E-state index in [0.717, 1.165) is 0 Å². The van der Waals surface area contributed by atoms with E-state index in [9.17, 15) is 27.6 Å². The van der Waals surface area contributed by atoms with Crippen molar-refractivity contribution in [3.63, 3.8) is 0 Å². The van der Waals surface area contributed by atoms with Gasteiger partial charge in [0, 0.05) is 46.8 Å². The Labute approximate surface area is 212 Å². The van der Waals surface area contributed by atoms with Gasteiger partial charge in [-0.1, -0.05) is 22.0 Å². The van der Waals surface area contributed by atoms with Crippen molar-refractivity contribution in [2.45, 2.75) is 37.3 Å². The standard InChI is InChI=1S/C24H21BrF3N5O3/c25-17-2-1-3-18-19(17)23(22(36)33(18)13-16(34)4-5-24(26,27)28)6-8-32(9-7-23)21(35)15-10-14-12-30-31-20(14)29-11-15/h1-3,10-12H,4-9,13H2,(H,29,30,31). The maximum atomic E-state index is 13.7. The number of halogens is 4. The molecule has 3 aromatic rings. The van der Waals surface area contributed by atoms with Gasteiger partial charge in [0.1, 0.15) is 0 Å². The van der Waals surface area contributed by atoms with Gasteiger partial charge in [0.05, 0.1) is 30.1 Å². The smallest absolute Gasteiger partial charge is 0.339 e. The lowest BCUT2D eigenvalue weighted by molar-refractivity contribution is -0.142. The third-order valence-corrected chi connectivity index (χ3v) is 7.54. The normalized spacial score (nSPS) is 17.2. The summed E-state index contributed by atoms with van der Waals surface area (Å²) in [4.78, 5) is 46.4. The minimum absolute atomic E-state index is 0.211. The van der Waals surface area contributed by atoms with Gasteiger partial charge < -0.3 is 9.80 Å². The van der Waals surface area contributed by atoms with Gasteiger partial charge in [-0.3, -0.25) is 19.5 Å². The highest BCUT2D eigenvalue weighted by atomic mass is 79.9. The number of rotatable bonds is 5. The summed E-state index contributed by atoms with van der Waals surface area (Å²) in [5, 5.41) is 7.36. The molecule has 0 atom stereocenters. The average molecular weight is 564 g/mol. The summed E-state index contributed by atoms with van der Waals surface area (Å²) in [6.45, 7) is 0.175. The van der Waals surface area contributed by atoms with Gasteiger partial charge in [-0.15, -0.1) is 0 Å². The first-order valence-corrected chi connectivity index (χ1v) is 12.2. The minimum atomic E-state index is -4.44. The van der Waals surface area contributed by atoms with Gasteiger partial charge in [-0.05, 0) is 31.0 Å². The summed E-state index contributed by atoms with van der Waals surface area (Å²) in [6.07, 6.45) is -2.63. The van der Waals surface area contributed by atoms with E-state index in [4.69, 9.17) is 0 Å². The molecule has 2 aliphatic rings. The number of nitrogens with one attached hydrogen (secondary N) is 1. The summed E-state index contributed by atoms with van der Waals surface area (Å²) in [5.41, 5.74) is 1.25. The monoisotopic (exact) mass is 563 g/mol. The van der Waals surface area contributed by atoms with Crippen LogP contribution < -0.4 is 4.90 Å². The van der Waals surface area contributed by atoms with E-state index in [1.165, 1.54) is 11.1 Å². The number of Topliss-reactive ketones (excluding diaryl/α,β-unsaturated/α-hetero) is 1. The van der Waals surface area contributed by atoms with Crippen LogP contribution in [0.3, 0.4) is 0 Å². The molecule has 1 spiro atoms. The van der Waals surface area contributed by atoms with Crippen LogP contribution in [-0.2, 0) is 15.0 Å². The van der Waals surface area contributed by atoms with E-state index in [1.807, 2.05) is 0 Å². The molecule has 2 aliphatic heterocycles. The number of aromatic amines is 1. The lowest BCUT2D eigenvalue weighted by Gasteiger charge is -2.38. The number of H-pyrrole nitrogens is 1. The van der Waals surface area contributed by atoms with Crippen molar-refractivity contribution in [1.29, 1.82) is 0 Å². The largest absolute Gasteiger partial charge is 0.389 e. The number of amides is 2. The van der Waals surface area contributed by atoms with Crippen LogP contribution in [0.5, 0.6) is 0 Å². The van der Waals surface area contributed by atoms with E-state index >= 15 is 0 Å². The summed E-state index contributed by atoms with van der Waals surface area (Å²) < 4.78 is 38.5. The number of hydrogen-bond donors (Lipinski definition) is 1. The van der Waals surface area contributed by atoms with Crippen LogP contribution in [0.25, 0.3) is 11.0 Å². The number of benzene rings is 1. The summed E-state index contributed by atoms with van der Waals surface area (Å²) >= 11 is 3.53. The second kappa shape index (κ2) is 8.99. The van der Waals surface area contributed by atoms with E-state index < -0.39 is 36.8 Å². The fourth-order valence-electron chi connectivity index (χ4n) is 5.07. The van der Waals surface area contributed by atoms with Crippen molar-refractivity contribution in [2.75, 3.05) is 24.5 Å². The number of carbonyl (C=O) groups is 3. The maximum Gasteiger partial charge on any atom is 0.389 e. The summed E-state index contributed by atoms with van der Waals surface area (Å²) in [6, 6.07) is 6.93. The Kier molecular flexibility index (Phi) is 6.09. The Morgan fingerprint density at radius 3 is 2.64 bits per heavy atom. The molecule has 0 bridgehead atoms. The number of alkyl halides is 3. The number of nitrogens with zero attached hydrogens (tertiary/aromatic N) is 4. The molecule has 4 heterocycles. The number of anilines is 1. The van der Waals surface area contributed by atoms with Crippen LogP contribution in [0.1, 0.15) is 41.6 Å². The summed E-state index contributed by atoms with van der Waals surface area (Å²) in [5.74, 6) is -1.19. The Hall–Kier alpha value is -3.28. The van der Waals surface area contributed by atoms with Crippen molar-refractivity contribution in [3.05, 3.63) is 52.3 Å². The van der Waals surface area contributed by atoms with Crippen molar-refractivity contribution in [1.82, 2.24) is 20.1 Å². The topological polar surface area (TPSA) is 99.3 Å². The molecule has 0 saturated carbocycles. The molecule has 0 unspecified atom stereocenters. The lowest BCUT2D eigenvalue weighted by atomic mass is 9.73. The third kappa shape index (κ3) is 4.27. The second-order valence-corrected chi connectivity index (χ2v) is 9.94. The molecule has 0 aliphatic carbocycles. The number of likely N-dealkylation sites (tertiary alicyclic amines) is 1. The Morgan fingerprint density at radius 2 is 1.92 bits per heavy atom. The Balaban J connectivity index is 1.36. The van der Waals surface area contributed by atoms with Crippen LogP contribution in [0, 0.1) is 0 Å². The Bertz CT molecular complexity index is 1360. The van der Waals surface area contributed by atoms with Crippen molar-refractivity contribution >= 4 is 50.2 Å². The van der Waals surface area contributed by atoms with Crippen molar-refractivity contribution < 1.29 is 27.6 Å². The zero-order chi connectivity index (χ0) is 25.7. The molecule has 1 saturated heterocycles. The second-order valence-electron chi connectivity index (χ2n) is 9.09. The van der Waals surface area contributed by atoms with Gasteiger partial charge in [0.2, 0.25) is 5.91 Å². The molecular formula is C24H21BrF3N5O3. The SMILES string of the molecule is O=C(CCC(F)(F)F)CN1C(=O)C2(CCN(C(=O)c3cnc4[nH]ncc4c3)CC2)c2c(Br)cccc21. The van der Waals surface area contributed by atoms with Gasteiger partial charge in [-0.2, -0.15) is 18.3 Å². The highest BCUT2D eigenvalue weighted by molar-refractivity contribution is 9.10. The molecule has 2 aromatic heterocycles. The zero-order valence-corrected chi connectivity index (χ0v) is 20.5. The molecule has 0 radical (unpaired) electrons. The molecule has 1 fully saturated rings. The van der Waals surface area contributed by atoms with E-state index in [1.54, 1.807) is 35.4 Å². The zero-order valence-electron chi connectivity index (χ0n) is 18.9. The molecule has 1 aromatic carbocycles. The number of carbonyl (C=O) groups excluding carboxylic acids is 3. The molecular weight excluding hydrogens is 543 g/mol. The quantitative estimate of drug-likeness (QED) is 0.502. The maximum absolute atomic E-state index is 13.7. The highest BCUT2D eigenvalue weighted by Gasteiger charge is 2.53. The van der Waals surface area contributed by atoms with Gasteiger partial charge in [-0.25, -0.2) is 4.98 Å². The molecule has 188 valence electrons. The van der Waals surface area contributed by atoms with Gasteiger partial charge >= 0.3 is 6.18 Å². The first kappa shape index (κ1) is 24.4. The van der Waals surface area contributed by atoms with Crippen LogP contribution in [-0.4, -0.2) is 63.5 Å². The first-order chi connectivity index (χ1) is 17.1. The molecule has 12 heteroatoms. The molecule has 36 heavy (non-hydrogen) atoms. The van der Waals surface area contributed by atoms with Gasteiger partial charge in [0.15, 0.2) is 11.4 Å². The van der Waals surface area contributed by atoms with Crippen molar-refractivity contribution in [3.8, 4) is 0 Å². The van der Waals surface area contributed by atoms with E-state index in [0.29, 0.717) is 58.3 Å². The lowest BCUT2D eigenvalue weighted by Crippen LogP contribution is -2.50. The highest BCUT2D eigenvalue weighted by Crippen LogP contribution is 2.51. The molecule has 1 N–H and O–H groups in total. The Morgan fingerprint density at radius 1 is 1.17 bits per heavy atom. The summed E-state index contributed by atoms with van der Waals surface area (Å²) in [7, 11) is 0. The first-order valence-electron chi connectivity index (χ1n) is 11.4. The predicted molar refractivity (Wildman–Crippen MR) is 127 cm³/mol. The predicted octanol–water partition coefficient (Wildman–Crippen LogP) is 4.15. The van der Waals surface area contributed by atoms with Crippen LogP contribution in [0.15, 0.2) is 41.1 Å². The van der Waals surface area contributed by atoms with E-state index in [2.05, 4.69) is 31.1 Å². The fourth-order valence-corrected chi connectivity index (χ4v) is 5.81. The number of ketones is 1. The van der Waals surface area contributed by atoms with Crippen molar-refractivity contribution in [2.24, 2.45) is 0 Å². The number of aromatic nitrogens is 3. The number of fused-ring (bicyclic) bond motifs is 3. The fraction of sp³-hybridized carbons (Fsp3) is 0.375. The molecule has 2 amide bonds. The van der Waals surface area contributed by atoms with Crippen LogP contribution in [0.2, 0.25) is 0 Å². The van der Waals surface area contributed by atoms with Gasteiger partial charge in [0.25, 0.3) is 5.91 Å². The molecule has 8 nitrogen and oxygen atoms in total. The van der Waals surface area contributed by atoms with Crippen LogP contribution in [0.4, 0.5) is 18.9 Å². The van der Waals surface area contributed by atoms with E-state index in [-0.39, 0.29) is 11.8 Å². The minimum Gasteiger partial charge on any atom is -0.339 e. The third-order valence-electron chi connectivity index (χ3n) is 6.88. The number of hydrogen-bond acceptors (Lipinski definition) is 5. The number of piperidine rings is 1. The van der Waals surface area contributed by atoms with Crippen LogP contribution >= 0.6 is 15.9 Å². The average Bonchev–Trinajstić information content (AvgIpc) is 3.40.